The summed E-state index contributed by atoms with van der Waals surface area (Å²) in [5.41, 5.74) is 0. The molecule has 2 aliphatic heterocycles. The van der Waals surface area contributed by atoms with Gasteiger partial charge in [-0.25, -0.2) is 0 Å². The molecular weight excluding hydrogens is 308 g/mol. The Morgan fingerprint density at radius 2 is 1.67 bits per heavy atom. The number of carbonyl (C=O) groups excluding carboxylic acids is 2. The Kier molecular flexibility index (Phi) is 8.84. The Balaban J connectivity index is 1.87. The van der Waals surface area contributed by atoms with Gasteiger partial charge in [-0.2, -0.15) is 0 Å². The van der Waals surface area contributed by atoms with Crippen molar-refractivity contribution >= 4 is 11.8 Å². The first-order chi connectivity index (χ1) is 11.8. The van der Waals surface area contributed by atoms with Crippen LogP contribution in [0.25, 0.3) is 0 Å². The minimum Gasteiger partial charge on any atom is -0.377 e. The maximum atomic E-state index is 12.5. The first-order valence-corrected chi connectivity index (χ1v) is 9.14. The molecule has 0 aromatic rings. The molecule has 6 nitrogen and oxygen atoms in total. The molecule has 0 aromatic carbocycles. The van der Waals surface area contributed by atoms with E-state index in [0.717, 1.165) is 32.2 Å². The van der Waals surface area contributed by atoms with E-state index in [1.807, 2.05) is 17.1 Å². The number of fused-ring (bicyclic) bond motifs is 1. The van der Waals surface area contributed by atoms with Gasteiger partial charge in [0.2, 0.25) is 11.8 Å². The van der Waals surface area contributed by atoms with Crippen LogP contribution in [-0.4, -0.2) is 62.3 Å². The predicted molar refractivity (Wildman–Crippen MR) is 91.6 cm³/mol. The number of ether oxygens (including phenoxy) is 2. The minimum atomic E-state index is 0.0432. The Morgan fingerprint density at radius 1 is 0.958 bits per heavy atom. The molecule has 6 heteroatoms. The normalized spacial score (nSPS) is 27.5. The molecule has 2 heterocycles. The molecule has 1 saturated heterocycles. The molecule has 2 amide bonds. The zero-order valence-electron chi connectivity index (χ0n) is 14.5. The summed E-state index contributed by atoms with van der Waals surface area (Å²) in [6.07, 6.45) is 9.41. The standard InChI is InChI=1S/C18H30N2O4/c21-17-8-5-13-23-11-3-4-12-24-14-6-9-18(22)20-10-2-1-7-16(20)15-19-17/h3-4,16H,1-2,5-15H2,(H,19,21)/b4-3+/t16-/m1/s1. The van der Waals surface area contributed by atoms with E-state index in [2.05, 4.69) is 5.32 Å². The zero-order chi connectivity index (χ0) is 17.0. The minimum absolute atomic E-state index is 0.0432. The average Bonchev–Trinajstić information content (AvgIpc) is 2.60. The van der Waals surface area contributed by atoms with Crippen molar-refractivity contribution in [3.8, 4) is 0 Å². The van der Waals surface area contributed by atoms with Crippen molar-refractivity contribution in [2.24, 2.45) is 0 Å². The lowest BCUT2D eigenvalue weighted by Gasteiger charge is -2.36. The molecule has 0 aliphatic carbocycles. The third-order valence-corrected chi connectivity index (χ3v) is 4.45. The third-order valence-electron chi connectivity index (χ3n) is 4.45. The Labute approximate surface area is 144 Å². The lowest BCUT2D eigenvalue weighted by atomic mass is 10.0. The van der Waals surface area contributed by atoms with Gasteiger partial charge in [0.05, 0.1) is 13.2 Å². The van der Waals surface area contributed by atoms with Crippen molar-refractivity contribution in [3.05, 3.63) is 12.2 Å². The molecule has 0 unspecified atom stereocenters. The van der Waals surface area contributed by atoms with Gasteiger partial charge < -0.3 is 19.7 Å². The largest absolute Gasteiger partial charge is 0.377 e. The molecule has 2 rings (SSSR count). The highest BCUT2D eigenvalue weighted by molar-refractivity contribution is 5.77. The van der Waals surface area contributed by atoms with Crippen LogP contribution in [0.15, 0.2) is 12.2 Å². The molecule has 24 heavy (non-hydrogen) atoms. The van der Waals surface area contributed by atoms with Crippen LogP contribution in [0, 0.1) is 0 Å². The molecular formula is C18H30N2O4. The lowest BCUT2D eigenvalue weighted by molar-refractivity contribution is -0.135. The number of rotatable bonds is 0. The molecule has 1 fully saturated rings. The molecule has 0 radical (unpaired) electrons. The van der Waals surface area contributed by atoms with Crippen LogP contribution in [0.1, 0.15) is 44.9 Å². The van der Waals surface area contributed by atoms with Crippen molar-refractivity contribution in [3.63, 3.8) is 0 Å². The molecule has 0 bridgehead atoms. The number of nitrogens with one attached hydrogen (secondary N) is 1. The highest BCUT2D eigenvalue weighted by Gasteiger charge is 2.26. The quantitative estimate of drug-likeness (QED) is 0.682. The van der Waals surface area contributed by atoms with Gasteiger partial charge in [0.25, 0.3) is 0 Å². The van der Waals surface area contributed by atoms with Crippen LogP contribution in [0.5, 0.6) is 0 Å². The molecule has 1 atom stereocenters. The number of amides is 2. The Hall–Kier alpha value is -1.40. The van der Waals surface area contributed by atoms with Gasteiger partial charge in [0.15, 0.2) is 0 Å². The summed E-state index contributed by atoms with van der Waals surface area (Å²) < 4.78 is 11.0. The van der Waals surface area contributed by atoms with Crippen molar-refractivity contribution in [2.45, 2.75) is 51.0 Å². The third kappa shape index (κ3) is 7.01. The van der Waals surface area contributed by atoms with Gasteiger partial charge in [-0.1, -0.05) is 12.2 Å². The summed E-state index contributed by atoms with van der Waals surface area (Å²) in [6, 6.07) is 0.134. The van der Waals surface area contributed by atoms with Gasteiger partial charge >= 0.3 is 0 Å². The highest BCUT2D eigenvalue weighted by atomic mass is 16.5. The topological polar surface area (TPSA) is 67.9 Å². The molecule has 0 saturated carbocycles. The number of hydrogen-bond donors (Lipinski definition) is 1. The van der Waals surface area contributed by atoms with E-state index in [4.69, 9.17) is 9.47 Å². The summed E-state index contributed by atoms with van der Waals surface area (Å²) in [5.74, 6) is 0.226. The fourth-order valence-electron chi connectivity index (χ4n) is 3.10. The number of hydrogen-bond acceptors (Lipinski definition) is 4. The maximum Gasteiger partial charge on any atom is 0.222 e. The van der Waals surface area contributed by atoms with Crippen LogP contribution >= 0.6 is 0 Å². The fraction of sp³-hybridized carbons (Fsp3) is 0.778. The first kappa shape index (κ1) is 18.9. The SMILES string of the molecule is O=C1CCCOC/C=C/COCCCC(=O)N2CCCC[C@@H]2CN1. The average molecular weight is 338 g/mol. The zero-order valence-corrected chi connectivity index (χ0v) is 14.5. The van der Waals surface area contributed by atoms with Gasteiger partial charge in [0, 0.05) is 45.2 Å². The molecule has 0 aromatic heterocycles. The van der Waals surface area contributed by atoms with Gasteiger partial charge in [-0.3, -0.25) is 9.59 Å². The number of nitrogens with zero attached hydrogens (tertiary/aromatic N) is 1. The molecule has 1 N–H and O–H groups in total. The summed E-state index contributed by atoms with van der Waals surface area (Å²) in [5, 5.41) is 2.98. The monoisotopic (exact) mass is 338 g/mol. The Morgan fingerprint density at radius 3 is 2.42 bits per heavy atom. The predicted octanol–water partition coefficient (Wildman–Crippen LogP) is 1.65. The highest BCUT2D eigenvalue weighted by Crippen LogP contribution is 2.18. The van der Waals surface area contributed by atoms with E-state index in [0.29, 0.717) is 52.2 Å². The van der Waals surface area contributed by atoms with E-state index in [1.54, 1.807) is 0 Å². The van der Waals surface area contributed by atoms with Crippen molar-refractivity contribution in [1.29, 1.82) is 0 Å². The van der Waals surface area contributed by atoms with Crippen LogP contribution in [0.3, 0.4) is 0 Å². The van der Waals surface area contributed by atoms with E-state index in [1.165, 1.54) is 0 Å². The van der Waals surface area contributed by atoms with E-state index in [-0.39, 0.29) is 17.9 Å². The van der Waals surface area contributed by atoms with Crippen molar-refractivity contribution in [2.75, 3.05) is 39.5 Å². The van der Waals surface area contributed by atoms with Gasteiger partial charge in [-0.05, 0) is 32.1 Å². The Bertz CT molecular complexity index is 425. The van der Waals surface area contributed by atoms with E-state index >= 15 is 0 Å². The second-order valence-electron chi connectivity index (χ2n) is 6.37. The summed E-state index contributed by atoms with van der Waals surface area (Å²) >= 11 is 0. The fourth-order valence-corrected chi connectivity index (χ4v) is 3.10. The smallest absolute Gasteiger partial charge is 0.222 e. The summed E-state index contributed by atoms with van der Waals surface area (Å²) in [6.45, 7) is 3.62. The second kappa shape index (κ2) is 11.2. The van der Waals surface area contributed by atoms with Crippen LogP contribution in [0.4, 0.5) is 0 Å². The number of carbonyl (C=O) groups is 2. The molecule has 136 valence electrons. The van der Waals surface area contributed by atoms with Crippen LogP contribution in [0.2, 0.25) is 0 Å². The molecule has 2 aliphatic rings. The van der Waals surface area contributed by atoms with Crippen molar-refractivity contribution in [1.82, 2.24) is 10.2 Å². The van der Waals surface area contributed by atoms with Gasteiger partial charge in [0.1, 0.15) is 0 Å². The van der Waals surface area contributed by atoms with E-state index < -0.39 is 0 Å². The summed E-state index contributed by atoms with van der Waals surface area (Å²) in [4.78, 5) is 26.3. The van der Waals surface area contributed by atoms with Crippen LogP contribution in [-0.2, 0) is 19.1 Å². The maximum absolute atomic E-state index is 12.5. The number of piperidine rings is 1. The second-order valence-corrected chi connectivity index (χ2v) is 6.37. The molecule has 0 spiro atoms. The first-order valence-electron chi connectivity index (χ1n) is 9.14. The van der Waals surface area contributed by atoms with Crippen LogP contribution < -0.4 is 5.32 Å². The van der Waals surface area contributed by atoms with Crippen molar-refractivity contribution < 1.29 is 19.1 Å². The summed E-state index contributed by atoms with van der Waals surface area (Å²) in [7, 11) is 0. The van der Waals surface area contributed by atoms with Gasteiger partial charge in [-0.15, -0.1) is 0 Å². The lowest BCUT2D eigenvalue weighted by Crippen LogP contribution is -2.49. The van der Waals surface area contributed by atoms with E-state index in [9.17, 15) is 9.59 Å².